The Morgan fingerprint density at radius 2 is 1.92 bits per heavy atom. The molecule has 2 rings (SSSR count). The number of ether oxygens (including phenoxy) is 2. The van der Waals surface area contributed by atoms with Gasteiger partial charge in [-0.2, -0.15) is 0 Å². The molecule has 0 heterocycles. The van der Waals surface area contributed by atoms with Crippen molar-refractivity contribution in [2.45, 2.75) is 13.0 Å². The van der Waals surface area contributed by atoms with Gasteiger partial charge < -0.3 is 20.1 Å². The van der Waals surface area contributed by atoms with Gasteiger partial charge in [-0.1, -0.05) is 27.5 Å². The molecule has 128 valence electrons. The molecule has 0 fully saturated rings. The summed E-state index contributed by atoms with van der Waals surface area (Å²) in [6, 6.07) is 10.0. The molecule has 0 aliphatic heterocycles. The van der Waals surface area contributed by atoms with E-state index in [1.54, 1.807) is 44.6 Å². The molecule has 0 unspecified atom stereocenters. The van der Waals surface area contributed by atoms with Crippen molar-refractivity contribution in [3.63, 3.8) is 0 Å². The lowest BCUT2D eigenvalue weighted by Gasteiger charge is -2.19. The average molecular weight is 414 g/mol. The van der Waals surface area contributed by atoms with Crippen LogP contribution in [-0.4, -0.2) is 20.3 Å². The lowest BCUT2D eigenvalue weighted by atomic mass is 10.1. The molecule has 0 spiro atoms. The zero-order valence-electron chi connectivity index (χ0n) is 13.5. The van der Waals surface area contributed by atoms with E-state index < -0.39 is 0 Å². The van der Waals surface area contributed by atoms with Crippen molar-refractivity contribution in [2.75, 3.05) is 19.5 Å². The van der Waals surface area contributed by atoms with E-state index in [1.807, 2.05) is 13.0 Å². The number of urea groups is 1. The largest absolute Gasteiger partial charge is 0.497 e. The highest BCUT2D eigenvalue weighted by molar-refractivity contribution is 9.10. The Balaban J connectivity index is 2.11. The lowest BCUT2D eigenvalue weighted by molar-refractivity contribution is 0.249. The van der Waals surface area contributed by atoms with Crippen molar-refractivity contribution in [1.29, 1.82) is 0 Å². The first-order chi connectivity index (χ1) is 11.4. The molecular weight excluding hydrogens is 396 g/mol. The van der Waals surface area contributed by atoms with E-state index in [9.17, 15) is 4.79 Å². The standard InChI is InChI=1S/C17H18BrClN2O3/c1-10(13-9-12(23-2)5-7-16(13)24-3)20-17(22)21-15-6-4-11(18)8-14(15)19/h4-10H,1-3H3,(H2,20,21,22)/t10-/m1/s1. The van der Waals surface area contributed by atoms with E-state index in [2.05, 4.69) is 26.6 Å². The van der Waals surface area contributed by atoms with Gasteiger partial charge >= 0.3 is 6.03 Å². The number of anilines is 1. The molecule has 2 aromatic rings. The molecule has 0 aliphatic carbocycles. The van der Waals surface area contributed by atoms with Gasteiger partial charge in [0.05, 0.1) is 31.0 Å². The van der Waals surface area contributed by atoms with Gasteiger partial charge in [0.15, 0.2) is 0 Å². The van der Waals surface area contributed by atoms with Crippen LogP contribution in [0.1, 0.15) is 18.5 Å². The first kappa shape index (κ1) is 18.4. The van der Waals surface area contributed by atoms with Gasteiger partial charge in [-0.25, -0.2) is 4.79 Å². The normalized spacial score (nSPS) is 11.5. The van der Waals surface area contributed by atoms with Crippen LogP contribution in [0, 0.1) is 0 Å². The molecule has 0 saturated carbocycles. The molecule has 0 aromatic heterocycles. The average Bonchev–Trinajstić information content (AvgIpc) is 2.56. The fourth-order valence-electron chi connectivity index (χ4n) is 2.20. The van der Waals surface area contributed by atoms with Crippen molar-refractivity contribution in [3.8, 4) is 11.5 Å². The zero-order chi connectivity index (χ0) is 17.7. The van der Waals surface area contributed by atoms with Crippen LogP contribution in [-0.2, 0) is 0 Å². The van der Waals surface area contributed by atoms with E-state index in [0.717, 1.165) is 10.0 Å². The van der Waals surface area contributed by atoms with Gasteiger partial charge in [0.2, 0.25) is 0 Å². The van der Waals surface area contributed by atoms with Crippen LogP contribution in [0.15, 0.2) is 40.9 Å². The van der Waals surface area contributed by atoms with Gasteiger partial charge in [-0.3, -0.25) is 0 Å². The molecule has 7 heteroatoms. The quantitative estimate of drug-likeness (QED) is 0.725. The van der Waals surface area contributed by atoms with Gasteiger partial charge in [-0.05, 0) is 43.3 Å². The molecule has 0 radical (unpaired) electrons. The van der Waals surface area contributed by atoms with E-state index in [-0.39, 0.29) is 12.1 Å². The van der Waals surface area contributed by atoms with Crippen LogP contribution in [0.2, 0.25) is 5.02 Å². The number of carbonyl (C=O) groups is 1. The minimum absolute atomic E-state index is 0.288. The Labute approximate surface area is 154 Å². The highest BCUT2D eigenvalue weighted by Crippen LogP contribution is 2.30. The fraction of sp³-hybridized carbons (Fsp3) is 0.235. The number of rotatable bonds is 5. The molecular formula is C17H18BrClN2O3. The number of halogens is 2. The van der Waals surface area contributed by atoms with E-state index in [1.165, 1.54) is 0 Å². The highest BCUT2D eigenvalue weighted by Gasteiger charge is 2.16. The summed E-state index contributed by atoms with van der Waals surface area (Å²) in [7, 11) is 3.17. The minimum atomic E-state index is -0.364. The lowest BCUT2D eigenvalue weighted by Crippen LogP contribution is -2.31. The number of amides is 2. The predicted molar refractivity (Wildman–Crippen MR) is 99.3 cm³/mol. The second-order valence-electron chi connectivity index (χ2n) is 5.05. The molecule has 1 atom stereocenters. The van der Waals surface area contributed by atoms with Crippen LogP contribution < -0.4 is 20.1 Å². The Hall–Kier alpha value is -1.92. The third kappa shape index (κ3) is 4.55. The summed E-state index contributed by atoms with van der Waals surface area (Å²) in [6.07, 6.45) is 0. The summed E-state index contributed by atoms with van der Waals surface area (Å²) in [5.74, 6) is 1.36. The zero-order valence-corrected chi connectivity index (χ0v) is 15.9. The molecule has 0 aliphatic rings. The molecule has 5 nitrogen and oxygen atoms in total. The number of benzene rings is 2. The van der Waals surface area contributed by atoms with Crippen molar-refractivity contribution < 1.29 is 14.3 Å². The first-order valence-corrected chi connectivity index (χ1v) is 8.36. The second-order valence-corrected chi connectivity index (χ2v) is 6.38. The monoisotopic (exact) mass is 412 g/mol. The van der Waals surface area contributed by atoms with Crippen LogP contribution in [0.3, 0.4) is 0 Å². The summed E-state index contributed by atoms with van der Waals surface area (Å²) < 4.78 is 11.4. The topological polar surface area (TPSA) is 59.6 Å². The maximum absolute atomic E-state index is 12.2. The van der Waals surface area contributed by atoms with Gasteiger partial charge in [0.1, 0.15) is 11.5 Å². The third-order valence-corrected chi connectivity index (χ3v) is 4.24. The van der Waals surface area contributed by atoms with Crippen molar-refractivity contribution in [3.05, 3.63) is 51.5 Å². The number of carbonyl (C=O) groups excluding carboxylic acids is 1. The van der Waals surface area contributed by atoms with Gasteiger partial charge in [-0.15, -0.1) is 0 Å². The predicted octanol–water partition coefficient (Wildman–Crippen LogP) is 5.00. The Kier molecular flexibility index (Phi) is 6.34. The molecule has 0 bridgehead atoms. The van der Waals surface area contributed by atoms with Crippen LogP contribution in [0.25, 0.3) is 0 Å². The molecule has 2 aromatic carbocycles. The van der Waals surface area contributed by atoms with Crippen molar-refractivity contribution in [1.82, 2.24) is 5.32 Å². The smallest absolute Gasteiger partial charge is 0.319 e. The van der Waals surface area contributed by atoms with E-state index >= 15 is 0 Å². The Morgan fingerprint density at radius 1 is 1.17 bits per heavy atom. The fourth-order valence-corrected chi connectivity index (χ4v) is 2.92. The Morgan fingerprint density at radius 3 is 2.54 bits per heavy atom. The number of hydrogen-bond donors (Lipinski definition) is 2. The summed E-state index contributed by atoms with van der Waals surface area (Å²) in [5.41, 5.74) is 1.34. The van der Waals surface area contributed by atoms with Crippen LogP contribution in [0.5, 0.6) is 11.5 Å². The van der Waals surface area contributed by atoms with Crippen molar-refractivity contribution >= 4 is 39.2 Å². The summed E-state index contributed by atoms with van der Waals surface area (Å²) in [4.78, 5) is 12.2. The highest BCUT2D eigenvalue weighted by atomic mass is 79.9. The maximum Gasteiger partial charge on any atom is 0.319 e. The van der Waals surface area contributed by atoms with E-state index in [4.69, 9.17) is 21.1 Å². The third-order valence-electron chi connectivity index (χ3n) is 3.43. The van der Waals surface area contributed by atoms with Crippen molar-refractivity contribution in [2.24, 2.45) is 0 Å². The minimum Gasteiger partial charge on any atom is -0.497 e. The Bertz CT molecular complexity index is 740. The molecule has 0 saturated heterocycles. The summed E-state index contributed by atoms with van der Waals surface area (Å²) >= 11 is 9.43. The summed E-state index contributed by atoms with van der Waals surface area (Å²) in [6.45, 7) is 1.86. The SMILES string of the molecule is COc1ccc(OC)c([C@@H](C)NC(=O)Nc2ccc(Br)cc2Cl)c1. The molecule has 2 amide bonds. The summed E-state index contributed by atoms with van der Waals surface area (Å²) in [5, 5.41) is 6.04. The van der Waals surface area contributed by atoms with Crippen LogP contribution in [0.4, 0.5) is 10.5 Å². The van der Waals surface area contributed by atoms with Gasteiger partial charge in [0, 0.05) is 10.0 Å². The maximum atomic E-state index is 12.2. The van der Waals surface area contributed by atoms with Gasteiger partial charge in [0.25, 0.3) is 0 Å². The molecule has 24 heavy (non-hydrogen) atoms. The second kappa shape index (κ2) is 8.26. The number of hydrogen-bond acceptors (Lipinski definition) is 3. The van der Waals surface area contributed by atoms with E-state index in [0.29, 0.717) is 22.2 Å². The first-order valence-electron chi connectivity index (χ1n) is 7.19. The number of methoxy groups -OCH3 is 2. The van der Waals surface area contributed by atoms with Crippen LogP contribution >= 0.6 is 27.5 Å². The molecule has 2 N–H and O–H groups in total. The number of nitrogens with one attached hydrogen (secondary N) is 2.